The molecular formula is C20H13FN2O. The largest absolute Gasteiger partial charge is 0.282 e. The molecule has 0 radical (unpaired) electrons. The summed E-state index contributed by atoms with van der Waals surface area (Å²) in [6.07, 6.45) is 0. The number of carbonyl (C=O) groups excluding carboxylic acids is 1. The second-order valence-corrected chi connectivity index (χ2v) is 5.43. The molecule has 0 N–H and O–H groups in total. The van der Waals surface area contributed by atoms with Crippen LogP contribution in [0.2, 0.25) is 0 Å². The minimum atomic E-state index is -0.331. The van der Waals surface area contributed by atoms with E-state index >= 15 is 0 Å². The van der Waals surface area contributed by atoms with Crippen LogP contribution in [0.25, 0.3) is 0 Å². The topological polar surface area (TPSA) is 32.7 Å². The van der Waals surface area contributed by atoms with E-state index in [-0.39, 0.29) is 11.7 Å². The van der Waals surface area contributed by atoms with Crippen LogP contribution < -0.4 is 4.90 Å². The van der Waals surface area contributed by atoms with Crippen molar-refractivity contribution in [3.8, 4) is 0 Å². The number of fused-ring (bicyclic) bond motifs is 1. The van der Waals surface area contributed by atoms with Crippen LogP contribution in [-0.2, 0) is 4.79 Å². The van der Waals surface area contributed by atoms with E-state index in [0.717, 1.165) is 16.9 Å². The van der Waals surface area contributed by atoms with Gasteiger partial charge in [0.15, 0.2) is 0 Å². The van der Waals surface area contributed by atoms with Crippen molar-refractivity contribution in [2.24, 2.45) is 4.99 Å². The lowest BCUT2D eigenvalue weighted by Crippen LogP contribution is -2.25. The van der Waals surface area contributed by atoms with E-state index in [9.17, 15) is 9.18 Å². The Labute approximate surface area is 138 Å². The molecule has 3 aromatic rings. The molecule has 0 unspecified atom stereocenters. The van der Waals surface area contributed by atoms with Gasteiger partial charge in [-0.25, -0.2) is 9.38 Å². The zero-order valence-corrected chi connectivity index (χ0v) is 12.7. The van der Waals surface area contributed by atoms with Crippen LogP contribution >= 0.6 is 0 Å². The van der Waals surface area contributed by atoms with E-state index in [1.807, 2.05) is 54.6 Å². The summed E-state index contributed by atoms with van der Waals surface area (Å²) in [7, 11) is 0. The Morgan fingerprint density at radius 3 is 2.21 bits per heavy atom. The molecule has 4 heteroatoms. The molecule has 0 saturated heterocycles. The molecule has 0 bridgehead atoms. The second kappa shape index (κ2) is 5.74. The zero-order valence-electron chi connectivity index (χ0n) is 12.7. The molecule has 0 spiro atoms. The van der Waals surface area contributed by atoms with Crippen molar-refractivity contribution in [2.75, 3.05) is 4.90 Å². The maximum absolute atomic E-state index is 13.1. The van der Waals surface area contributed by atoms with Crippen LogP contribution in [0.3, 0.4) is 0 Å². The number of halogens is 1. The first-order valence-electron chi connectivity index (χ1n) is 7.57. The summed E-state index contributed by atoms with van der Waals surface area (Å²) in [4.78, 5) is 19.1. The highest BCUT2D eigenvalue weighted by Crippen LogP contribution is 2.36. The molecule has 0 atom stereocenters. The lowest BCUT2D eigenvalue weighted by atomic mass is 10.1. The number of anilines is 2. The van der Waals surface area contributed by atoms with E-state index in [1.54, 1.807) is 17.0 Å². The third kappa shape index (κ3) is 2.38. The second-order valence-electron chi connectivity index (χ2n) is 5.43. The Morgan fingerprint density at radius 2 is 1.46 bits per heavy atom. The molecule has 0 aliphatic carbocycles. The van der Waals surface area contributed by atoms with Gasteiger partial charge in [0, 0.05) is 11.3 Å². The van der Waals surface area contributed by atoms with Gasteiger partial charge in [0.25, 0.3) is 5.91 Å². The van der Waals surface area contributed by atoms with Crippen LogP contribution in [0.1, 0.15) is 5.56 Å². The third-order valence-corrected chi connectivity index (χ3v) is 3.89. The fourth-order valence-corrected chi connectivity index (χ4v) is 2.79. The van der Waals surface area contributed by atoms with Gasteiger partial charge in [0.1, 0.15) is 11.5 Å². The normalized spacial score (nSPS) is 15.0. The molecule has 0 aromatic heterocycles. The maximum atomic E-state index is 13.1. The van der Waals surface area contributed by atoms with Crippen molar-refractivity contribution in [1.82, 2.24) is 0 Å². The quantitative estimate of drug-likeness (QED) is 0.678. The molecule has 4 rings (SSSR count). The number of nitrogens with zero attached hydrogens (tertiary/aromatic N) is 2. The number of hydrogen-bond donors (Lipinski definition) is 0. The molecule has 1 aliphatic rings. The van der Waals surface area contributed by atoms with Crippen molar-refractivity contribution in [3.05, 3.63) is 90.2 Å². The van der Waals surface area contributed by atoms with Crippen LogP contribution in [0.5, 0.6) is 0 Å². The first kappa shape index (κ1) is 14.3. The summed E-state index contributed by atoms with van der Waals surface area (Å²) < 4.78 is 13.1. The lowest BCUT2D eigenvalue weighted by Gasteiger charge is -2.16. The molecule has 116 valence electrons. The SMILES string of the molecule is O=C1C(=Nc2ccc(F)cc2)c2ccccc2N1c1ccccc1. The van der Waals surface area contributed by atoms with E-state index < -0.39 is 0 Å². The van der Waals surface area contributed by atoms with E-state index in [4.69, 9.17) is 0 Å². The summed E-state index contributed by atoms with van der Waals surface area (Å²) in [6.45, 7) is 0. The Morgan fingerprint density at radius 1 is 0.792 bits per heavy atom. The summed E-state index contributed by atoms with van der Waals surface area (Å²) in [5, 5.41) is 0. The molecular weight excluding hydrogens is 303 g/mol. The Hall–Kier alpha value is -3.27. The predicted octanol–water partition coefficient (Wildman–Crippen LogP) is 4.62. The number of carbonyl (C=O) groups is 1. The molecule has 1 aliphatic heterocycles. The first-order chi connectivity index (χ1) is 11.7. The van der Waals surface area contributed by atoms with E-state index in [2.05, 4.69) is 4.99 Å². The van der Waals surface area contributed by atoms with Crippen molar-refractivity contribution in [1.29, 1.82) is 0 Å². The number of benzene rings is 3. The number of rotatable bonds is 2. The minimum Gasteiger partial charge on any atom is -0.275 e. The highest BCUT2D eigenvalue weighted by molar-refractivity contribution is 6.56. The molecule has 3 nitrogen and oxygen atoms in total. The molecule has 1 amide bonds. The van der Waals surface area contributed by atoms with Crippen LogP contribution in [0.15, 0.2) is 83.9 Å². The number of aliphatic imine (C=N–C) groups is 1. The monoisotopic (exact) mass is 316 g/mol. The number of hydrogen-bond acceptors (Lipinski definition) is 2. The van der Waals surface area contributed by atoms with Crippen LogP contribution in [0, 0.1) is 5.82 Å². The van der Waals surface area contributed by atoms with Gasteiger partial charge in [-0.3, -0.25) is 9.69 Å². The van der Waals surface area contributed by atoms with Gasteiger partial charge in [0.2, 0.25) is 0 Å². The van der Waals surface area contributed by atoms with Crippen molar-refractivity contribution in [2.45, 2.75) is 0 Å². The van der Waals surface area contributed by atoms with E-state index in [1.165, 1.54) is 12.1 Å². The standard InChI is InChI=1S/C20H13FN2O/c21-14-10-12-15(13-11-14)22-19-17-8-4-5-9-18(17)23(20(19)24)16-6-2-1-3-7-16/h1-13H. The van der Waals surface area contributed by atoms with Gasteiger partial charge < -0.3 is 0 Å². The van der Waals surface area contributed by atoms with Crippen LogP contribution in [0.4, 0.5) is 21.5 Å². The van der Waals surface area contributed by atoms with E-state index in [0.29, 0.717) is 11.4 Å². The summed E-state index contributed by atoms with van der Waals surface area (Å²) in [6, 6.07) is 22.8. The van der Waals surface area contributed by atoms with Gasteiger partial charge in [-0.1, -0.05) is 36.4 Å². The van der Waals surface area contributed by atoms with Gasteiger partial charge in [-0.05, 0) is 42.5 Å². The fourth-order valence-electron chi connectivity index (χ4n) is 2.79. The average molecular weight is 316 g/mol. The summed E-state index contributed by atoms with van der Waals surface area (Å²) in [5.41, 5.74) is 3.27. The first-order valence-corrected chi connectivity index (χ1v) is 7.57. The van der Waals surface area contributed by atoms with Crippen molar-refractivity contribution >= 4 is 28.7 Å². The molecule has 1 heterocycles. The summed E-state index contributed by atoms with van der Waals surface area (Å²) in [5.74, 6) is -0.519. The number of para-hydroxylation sites is 2. The van der Waals surface area contributed by atoms with Gasteiger partial charge in [-0.15, -0.1) is 0 Å². The van der Waals surface area contributed by atoms with Crippen molar-refractivity contribution in [3.63, 3.8) is 0 Å². The van der Waals surface area contributed by atoms with Crippen molar-refractivity contribution < 1.29 is 9.18 Å². The molecule has 24 heavy (non-hydrogen) atoms. The fraction of sp³-hybridized carbons (Fsp3) is 0. The molecule has 0 fully saturated rings. The number of amides is 1. The third-order valence-electron chi connectivity index (χ3n) is 3.89. The molecule has 0 saturated carbocycles. The predicted molar refractivity (Wildman–Crippen MR) is 92.6 cm³/mol. The van der Waals surface area contributed by atoms with Gasteiger partial charge in [0.05, 0.1) is 11.4 Å². The Kier molecular flexibility index (Phi) is 3.43. The Balaban J connectivity index is 1.85. The smallest absolute Gasteiger partial charge is 0.275 e. The summed E-state index contributed by atoms with van der Waals surface area (Å²) >= 11 is 0. The highest BCUT2D eigenvalue weighted by Gasteiger charge is 2.34. The van der Waals surface area contributed by atoms with Gasteiger partial charge >= 0.3 is 0 Å². The van der Waals surface area contributed by atoms with Crippen LogP contribution in [-0.4, -0.2) is 11.6 Å². The average Bonchev–Trinajstić information content (AvgIpc) is 2.90. The zero-order chi connectivity index (χ0) is 16.5. The Bertz CT molecular complexity index is 933. The minimum absolute atomic E-state index is 0.188. The van der Waals surface area contributed by atoms with Gasteiger partial charge in [-0.2, -0.15) is 0 Å². The highest BCUT2D eigenvalue weighted by atomic mass is 19.1. The molecule has 3 aromatic carbocycles. The lowest BCUT2D eigenvalue weighted by molar-refractivity contribution is -0.111. The maximum Gasteiger partial charge on any atom is 0.282 e.